The molecule has 1 N–H and O–H groups in total. The lowest BCUT2D eigenvalue weighted by Crippen LogP contribution is -2.51. The molecule has 0 spiro atoms. The molecule has 1 saturated heterocycles. The number of rotatable bonds is 6. The third-order valence-corrected chi connectivity index (χ3v) is 5.16. The van der Waals surface area contributed by atoms with E-state index in [1.165, 1.54) is 12.0 Å². The number of fused-ring (bicyclic) bond motifs is 1. The van der Waals surface area contributed by atoms with Gasteiger partial charge in [-0.15, -0.1) is 0 Å². The maximum Gasteiger partial charge on any atom is 0.344 e. The monoisotopic (exact) mass is 438 g/mol. The zero-order chi connectivity index (χ0) is 22.7. The summed E-state index contributed by atoms with van der Waals surface area (Å²) in [5.74, 6) is 0.967. The fourth-order valence-corrected chi connectivity index (χ4v) is 3.47. The van der Waals surface area contributed by atoms with Gasteiger partial charge in [0.1, 0.15) is 11.3 Å². The number of nitrogens with zero attached hydrogens (tertiary/aromatic N) is 1. The molecule has 0 atom stereocenters. The second-order valence-corrected chi connectivity index (χ2v) is 7.17. The number of carbonyl (C=O) groups excluding carboxylic acids is 2. The summed E-state index contributed by atoms with van der Waals surface area (Å²) in [6, 6.07) is 11.9. The number of carbonyl (C=O) groups is 2. The van der Waals surface area contributed by atoms with Crippen molar-refractivity contribution >= 4 is 22.8 Å². The Morgan fingerprint density at radius 2 is 1.88 bits per heavy atom. The van der Waals surface area contributed by atoms with E-state index in [0.717, 1.165) is 0 Å². The van der Waals surface area contributed by atoms with Gasteiger partial charge in [0.25, 0.3) is 5.91 Å². The Hall–Kier alpha value is -4.01. The van der Waals surface area contributed by atoms with Crippen molar-refractivity contribution in [1.82, 2.24) is 10.2 Å². The topological polar surface area (TPSA) is 107 Å². The number of hydrogen-bond donors (Lipinski definition) is 1. The molecule has 9 nitrogen and oxygen atoms in total. The average Bonchev–Trinajstić information content (AvgIpc) is 2.81. The molecule has 2 aromatic carbocycles. The van der Waals surface area contributed by atoms with Gasteiger partial charge in [0, 0.05) is 24.5 Å². The van der Waals surface area contributed by atoms with Crippen molar-refractivity contribution in [3.05, 3.63) is 52.9 Å². The van der Waals surface area contributed by atoms with Crippen LogP contribution < -0.4 is 25.2 Å². The van der Waals surface area contributed by atoms with Crippen molar-refractivity contribution in [3.8, 4) is 28.4 Å². The fraction of sp³-hybridized carbons (Fsp3) is 0.261. The molecule has 1 aliphatic heterocycles. The zero-order valence-electron chi connectivity index (χ0n) is 17.7. The summed E-state index contributed by atoms with van der Waals surface area (Å²) >= 11 is 0. The van der Waals surface area contributed by atoms with Crippen LogP contribution in [-0.4, -0.2) is 57.2 Å². The standard InChI is InChI=1S/C23H22N2O7/c1-29-18-6-4-14(10-20(18)30-2)17-9-15-3-5-16(11-19(15)32-23(17)28)31-13-22(27)25-8-7-24-21(26)12-25/h3-6,9-11H,7-8,12-13H2,1-2H3,(H,24,26). The molecule has 2 amide bonds. The first-order chi connectivity index (χ1) is 15.5. The molecule has 0 unspecified atom stereocenters. The molecule has 1 aromatic heterocycles. The van der Waals surface area contributed by atoms with Crippen LogP contribution in [0.4, 0.5) is 0 Å². The first-order valence-corrected chi connectivity index (χ1v) is 9.96. The smallest absolute Gasteiger partial charge is 0.344 e. The normalized spacial score (nSPS) is 13.6. The Labute approximate surface area is 183 Å². The highest BCUT2D eigenvalue weighted by Gasteiger charge is 2.21. The van der Waals surface area contributed by atoms with Gasteiger partial charge in [-0.1, -0.05) is 6.07 Å². The van der Waals surface area contributed by atoms with Crippen LogP contribution in [0.1, 0.15) is 0 Å². The van der Waals surface area contributed by atoms with Gasteiger partial charge in [0.05, 0.1) is 26.3 Å². The van der Waals surface area contributed by atoms with Crippen molar-refractivity contribution in [2.24, 2.45) is 0 Å². The summed E-state index contributed by atoms with van der Waals surface area (Å²) < 4.78 is 21.6. The maximum absolute atomic E-state index is 12.6. The summed E-state index contributed by atoms with van der Waals surface area (Å²) in [5, 5.41) is 3.36. The van der Waals surface area contributed by atoms with Gasteiger partial charge in [-0.2, -0.15) is 0 Å². The van der Waals surface area contributed by atoms with Crippen molar-refractivity contribution in [2.45, 2.75) is 0 Å². The third kappa shape index (κ3) is 4.36. The molecule has 4 rings (SSSR count). The number of hydrogen-bond acceptors (Lipinski definition) is 7. The highest BCUT2D eigenvalue weighted by molar-refractivity contribution is 5.87. The van der Waals surface area contributed by atoms with Gasteiger partial charge in [-0.25, -0.2) is 4.79 Å². The average molecular weight is 438 g/mol. The number of ether oxygens (including phenoxy) is 3. The van der Waals surface area contributed by atoms with Crippen LogP contribution in [0.5, 0.6) is 17.2 Å². The van der Waals surface area contributed by atoms with Gasteiger partial charge in [-0.05, 0) is 35.9 Å². The van der Waals surface area contributed by atoms with E-state index in [-0.39, 0.29) is 25.0 Å². The highest BCUT2D eigenvalue weighted by atomic mass is 16.5. The van der Waals surface area contributed by atoms with Crippen LogP contribution in [0, 0.1) is 0 Å². The Kier molecular flexibility index (Phi) is 5.98. The van der Waals surface area contributed by atoms with Crippen molar-refractivity contribution < 1.29 is 28.2 Å². The van der Waals surface area contributed by atoms with Crippen LogP contribution in [0.15, 0.2) is 51.7 Å². The Balaban J connectivity index is 1.54. The van der Waals surface area contributed by atoms with Crippen LogP contribution in [0.25, 0.3) is 22.1 Å². The van der Waals surface area contributed by atoms with E-state index in [9.17, 15) is 14.4 Å². The van der Waals surface area contributed by atoms with E-state index in [1.807, 2.05) is 0 Å². The molecule has 1 aliphatic rings. The van der Waals surface area contributed by atoms with E-state index in [2.05, 4.69) is 5.32 Å². The van der Waals surface area contributed by atoms with Gasteiger partial charge in [0.2, 0.25) is 5.91 Å². The molecule has 32 heavy (non-hydrogen) atoms. The predicted molar refractivity (Wildman–Crippen MR) is 116 cm³/mol. The number of nitrogens with one attached hydrogen (secondary N) is 1. The van der Waals surface area contributed by atoms with Gasteiger partial charge in [-0.3, -0.25) is 9.59 Å². The molecule has 0 radical (unpaired) electrons. The summed E-state index contributed by atoms with van der Waals surface area (Å²) in [4.78, 5) is 37.8. The first-order valence-electron chi connectivity index (χ1n) is 9.96. The Morgan fingerprint density at radius 3 is 2.62 bits per heavy atom. The Morgan fingerprint density at radius 1 is 1.06 bits per heavy atom. The zero-order valence-corrected chi connectivity index (χ0v) is 17.7. The lowest BCUT2D eigenvalue weighted by Gasteiger charge is -2.26. The molecule has 0 aliphatic carbocycles. The molecule has 2 heterocycles. The highest BCUT2D eigenvalue weighted by Crippen LogP contribution is 2.32. The van der Waals surface area contributed by atoms with E-state index >= 15 is 0 Å². The molecule has 0 bridgehead atoms. The third-order valence-electron chi connectivity index (χ3n) is 5.16. The van der Waals surface area contributed by atoms with Crippen molar-refractivity contribution in [3.63, 3.8) is 0 Å². The van der Waals surface area contributed by atoms with E-state index < -0.39 is 5.63 Å². The fourth-order valence-electron chi connectivity index (χ4n) is 3.47. The summed E-state index contributed by atoms with van der Waals surface area (Å²) in [7, 11) is 3.06. The summed E-state index contributed by atoms with van der Waals surface area (Å²) in [6.07, 6.45) is 0. The van der Waals surface area contributed by atoms with E-state index in [1.54, 1.807) is 49.6 Å². The largest absolute Gasteiger partial charge is 0.493 e. The molecule has 0 saturated carbocycles. The lowest BCUT2D eigenvalue weighted by molar-refractivity contribution is -0.139. The van der Waals surface area contributed by atoms with Crippen molar-refractivity contribution in [2.75, 3.05) is 40.5 Å². The van der Waals surface area contributed by atoms with Crippen LogP contribution in [0.2, 0.25) is 0 Å². The van der Waals surface area contributed by atoms with Gasteiger partial charge >= 0.3 is 5.63 Å². The molecule has 3 aromatic rings. The van der Waals surface area contributed by atoms with Gasteiger partial charge in [0.15, 0.2) is 18.1 Å². The SMILES string of the molecule is COc1ccc(-c2cc3ccc(OCC(=O)N4CCNC(=O)C4)cc3oc2=O)cc1OC. The minimum absolute atomic E-state index is 0.0215. The maximum atomic E-state index is 12.6. The quantitative estimate of drug-likeness (QED) is 0.585. The first kappa shape index (κ1) is 21.2. The molecular weight excluding hydrogens is 416 g/mol. The molecular formula is C23H22N2O7. The molecule has 9 heteroatoms. The number of methoxy groups -OCH3 is 2. The second-order valence-electron chi connectivity index (χ2n) is 7.17. The minimum atomic E-state index is -0.516. The van der Waals surface area contributed by atoms with Crippen LogP contribution >= 0.6 is 0 Å². The van der Waals surface area contributed by atoms with E-state index in [0.29, 0.717) is 52.4 Å². The predicted octanol–water partition coefficient (Wildman–Crippen LogP) is 1.81. The van der Waals surface area contributed by atoms with Crippen molar-refractivity contribution in [1.29, 1.82) is 0 Å². The molecule has 1 fully saturated rings. The number of amides is 2. The molecule has 166 valence electrons. The van der Waals surface area contributed by atoms with Crippen LogP contribution in [0.3, 0.4) is 0 Å². The Bertz CT molecular complexity index is 1230. The van der Waals surface area contributed by atoms with Gasteiger partial charge < -0.3 is 28.8 Å². The number of piperazine rings is 1. The van der Waals surface area contributed by atoms with Crippen LogP contribution in [-0.2, 0) is 9.59 Å². The lowest BCUT2D eigenvalue weighted by atomic mass is 10.1. The second kappa shape index (κ2) is 9.01. The summed E-state index contributed by atoms with van der Waals surface area (Å²) in [6.45, 7) is 0.675. The summed E-state index contributed by atoms with van der Waals surface area (Å²) in [5.41, 5.74) is 0.833. The minimum Gasteiger partial charge on any atom is -0.493 e. The number of benzene rings is 2. The van der Waals surface area contributed by atoms with E-state index in [4.69, 9.17) is 18.6 Å².